The molecule has 2 aromatic heterocycles. The number of furan rings is 1. The Morgan fingerprint density at radius 2 is 1.97 bits per heavy atom. The lowest BCUT2D eigenvalue weighted by atomic mass is 10.2. The van der Waals surface area contributed by atoms with E-state index in [9.17, 15) is 5.11 Å². The van der Waals surface area contributed by atoms with E-state index in [0.29, 0.717) is 19.8 Å². The number of methoxy groups -OCH3 is 1. The molecule has 3 rings (SSSR count). The summed E-state index contributed by atoms with van der Waals surface area (Å²) in [5, 5.41) is 10.4. The zero-order valence-corrected chi connectivity index (χ0v) is 16.9. The Labute approximate surface area is 172 Å². The van der Waals surface area contributed by atoms with E-state index in [0.717, 1.165) is 25.4 Å². The molecule has 0 aliphatic rings. The molecule has 6 heteroatoms. The van der Waals surface area contributed by atoms with Crippen molar-refractivity contribution in [1.29, 1.82) is 0 Å². The summed E-state index contributed by atoms with van der Waals surface area (Å²) in [6.45, 7) is 4.05. The van der Waals surface area contributed by atoms with Crippen molar-refractivity contribution in [2.45, 2.75) is 25.8 Å². The highest BCUT2D eigenvalue weighted by atomic mass is 16.5. The Kier molecular flexibility index (Phi) is 8.52. The number of hydrogen-bond acceptors (Lipinski definition) is 5. The van der Waals surface area contributed by atoms with Crippen LogP contribution in [-0.2, 0) is 29.2 Å². The van der Waals surface area contributed by atoms with E-state index in [-0.39, 0.29) is 6.61 Å². The van der Waals surface area contributed by atoms with Gasteiger partial charge < -0.3 is 23.6 Å². The zero-order chi connectivity index (χ0) is 20.3. The molecule has 29 heavy (non-hydrogen) atoms. The van der Waals surface area contributed by atoms with E-state index in [1.54, 1.807) is 13.4 Å². The third-order valence-electron chi connectivity index (χ3n) is 4.72. The smallest absolute Gasteiger partial charge is 0.129 e. The average Bonchev–Trinajstić information content (AvgIpc) is 3.39. The molecule has 0 saturated heterocycles. The molecule has 1 atom stereocenters. The molecule has 0 saturated carbocycles. The molecule has 6 nitrogen and oxygen atoms in total. The molecule has 0 aliphatic heterocycles. The molecule has 0 aliphatic carbocycles. The maximum Gasteiger partial charge on any atom is 0.129 e. The Morgan fingerprint density at radius 3 is 2.72 bits per heavy atom. The van der Waals surface area contributed by atoms with Gasteiger partial charge >= 0.3 is 0 Å². The molecule has 0 amide bonds. The van der Waals surface area contributed by atoms with E-state index in [4.69, 9.17) is 13.9 Å². The van der Waals surface area contributed by atoms with Crippen LogP contribution in [0.5, 0.6) is 0 Å². The molecule has 0 fully saturated rings. The number of aliphatic hydroxyl groups is 1. The maximum atomic E-state index is 10.4. The van der Waals surface area contributed by atoms with Crippen molar-refractivity contribution in [2.24, 2.45) is 0 Å². The lowest BCUT2D eigenvalue weighted by Gasteiger charge is -2.25. The molecular weight excluding hydrogens is 368 g/mol. The van der Waals surface area contributed by atoms with Gasteiger partial charge in [0, 0.05) is 45.2 Å². The first-order valence-corrected chi connectivity index (χ1v) is 9.92. The summed E-state index contributed by atoms with van der Waals surface area (Å²) in [6, 6.07) is 18.3. The summed E-state index contributed by atoms with van der Waals surface area (Å²) in [6.07, 6.45) is 3.13. The van der Waals surface area contributed by atoms with Gasteiger partial charge in [-0.05, 0) is 29.8 Å². The van der Waals surface area contributed by atoms with Gasteiger partial charge in [0.1, 0.15) is 12.4 Å². The standard InChI is InChI=1S/C23H30N2O4/c1-27-14-12-24(17-22(26)18-28-19-23-10-6-13-29-23)16-21-9-5-11-25(21)15-20-7-3-2-4-8-20/h2-11,13,22,26H,12,14-19H2,1H3/t22-/m0/s1. The molecular formula is C23H30N2O4. The third-order valence-corrected chi connectivity index (χ3v) is 4.72. The second-order valence-electron chi connectivity index (χ2n) is 7.09. The molecule has 3 aromatic rings. The lowest BCUT2D eigenvalue weighted by Crippen LogP contribution is -2.37. The molecule has 2 heterocycles. The summed E-state index contributed by atoms with van der Waals surface area (Å²) in [4.78, 5) is 2.20. The summed E-state index contributed by atoms with van der Waals surface area (Å²) in [5.74, 6) is 0.757. The lowest BCUT2D eigenvalue weighted by molar-refractivity contribution is 0.000155. The molecule has 0 unspecified atom stereocenters. The van der Waals surface area contributed by atoms with E-state index >= 15 is 0 Å². The minimum Gasteiger partial charge on any atom is -0.467 e. The summed E-state index contributed by atoms with van der Waals surface area (Å²) >= 11 is 0. The predicted molar refractivity (Wildman–Crippen MR) is 111 cm³/mol. The van der Waals surface area contributed by atoms with Gasteiger partial charge in [0.05, 0.1) is 25.6 Å². The van der Waals surface area contributed by atoms with Crippen LogP contribution in [0.25, 0.3) is 0 Å². The monoisotopic (exact) mass is 398 g/mol. The van der Waals surface area contributed by atoms with Crippen LogP contribution >= 0.6 is 0 Å². The minimum atomic E-state index is -0.584. The Hall–Kier alpha value is -2.38. The SMILES string of the molecule is COCCN(Cc1cccn1Cc1ccccc1)C[C@H](O)COCc1ccco1. The number of nitrogens with zero attached hydrogens (tertiary/aromatic N) is 2. The van der Waals surface area contributed by atoms with Crippen LogP contribution in [0.2, 0.25) is 0 Å². The molecule has 156 valence electrons. The Balaban J connectivity index is 1.53. The first kappa shape index (κ1) is 21.3. The zero-order valence-electron chi connectivity index (χ0n) is 16.9. The highest BCUT2D eigenvalue weighted by Gasteiger charge is 2.15. The number of aromatic nitrogens is 1. The van der Waals surface area contributed by atoms with Crippen LogP contribution in [0.3, 0.4) is 0 Å². The second-order valence-corrected chi connectivity index (χ2v) is 7.09. The topological polar surface area (TPSA) is 60.0 Å². The number of ether oxygens (including phenoxy) is 2. The number of hydrogen-bond donors (Lipinski definition) is 1. The summed E-state index contributed by atoms with van der Waals surface area (Å²) < 4.78 is 18.3. The van der Waals surface area contributed by atoms with Crippen LogP contribution < -0.4 is 0 Å². The fourth-order valence-corrected chi connectivity index (χ4v) is 3.25. The minimum absolute atomic E-state index is 0.259. The fraction of sp³-hybridized carbons (Fsp3) is 0.391. The van der Waals surface area contributed by atoms with Crippen LogP contribution in [0.1, 0.15) is 17.0 Å². The van der Waals surface area contributed by atoms with Crippen molar-refractivity contribution in [3.63, 3.8) is 0 Å². The Bertz CT molecular complexity index is 801. The third kappa shape index (κ3) is 7.18. The first-order chi connectivity index (χ1) is 14.2. The summed E-state index contributed by atoms with van der Waals surface area (Å²) in [5.41, 5.74) is 2.47. The van der Waals surface area contributed by atoms with E-state index in [1.807, 2.05) is 18.2 Å². The van der Waals surface area contributed by atoms with Gasteiger partial charge in [-0.3, -0.25) is 4.90 Å². The number of rotatable bonds is 13. The van der Waals surface area contributed by atoms with Gasteiger partial charge in [-0.2, -0.15) is 0 Å². The van der Waals surface area contributed by atoms with Crippen LogP contribution in [0.4, 0.5) is 0 Å². The molecule has 0 bridgehead atoms. The van der Waals surface area contributed by atoms with E-state index in [2.05, 4.69) is 52.1 Å². The highest BCUT2D eigenvalue weighted by Crippen LogP contribution is 2.11. The van der Waals surface area contributed by atoms with Crippen molar-refractivity contribution >= 4 is 0 Å². The molecule has 1 N–H and O–H groups in total. The van der Waals surface area contributed by atoms with Gasteiger partial charge in [0.25, 0.3) is 0 Å². The predicted octanol–water partition coefficient (Wildman–Crippen LogP) is 3.16. The van der Waals surface area contributed by atoms with Gasteiger partial charge in [0.2, 0.25) is 0 Å². The molecule has 0 radical (unpaired) electrons. The quantitative estimate of drug-likeness (QED) is 0.479. The van der Waals surface area contributed by atoms with Crippen LogP contribution in [0, 0.1) is 0 Å². The van der Waals surface area contributed by atoms with E-state index in [1.165, 1.54) is 11.3 Å². The maximum absolute atomic E-state index is 10.4. The first-order valence-electron chi connectivity index (χ1n) is 9.92. The normalized spacial score (nSPS) is 12.5. The van der Waals surface area contributed by atoms with Gasteiger partial charge in [-0.25, -0.2) is 0 Å². The van der Waals surface area contributed by atoms with Crippen LogP contribution in [0.15, 0.2) is 71.5 Å². The summed E-state index contributed by atoms with van der Waals surface area (Å²) in [7, 11) is 1.69. The van der Waals surface area contributed by atoms with Gasteiger partial charge in [-0.15, -0.1) is 0 Å². The van der Waals surface area contributed by atoms with Crippen LogP contribution in [-0.4, -0.2) is 54.1 Å². The van der Waals surface area contributed by atoms with Crippen molar-refractivity contribution in [1.82, 2.24) is 9.47 Å². The van der Waals surface area contributed by atoms with E-state index < -0.39 is 6.10 Å². The second kappa shape index (κ2) is 11.6. The highest BCUT2D eigenvalue weighted by molar-refractivity contribution is 5.17. The average molecular weight is 399 g/mol. The number of benzene rings is 1. The molecule has 1 aromatic carbocycles. The Morgan fingerprint density at radius 1 is 1.10 bits per heavy atom. The van der Waals surface area contributed by atoms with Crippen molar-refractivity contribution in [2.75, 3.05) is 33.4 Å². The van der Waals surface area contributed by atoms with Crippen molar-refractivity contribution in [3.8, 4) is 0 Å². The van der Waals surface area contributed by atoms with Crippen molar-refractivity contribution in [3.05, 3.63) is 84.1 Å². The van der Waals surface area contributed by atoms with Crippen molar-refractivity contribution < 1.29 is 19.0 Å². The van der Waals surface area contributed by atoms with Gasteiger partial charge in [-0.1, -0.05) is 30.3 Å². The van der Waals surface area contributed by atoms with Gasteiger partial charge in [0.15, 0.2) is 0 Å². The molecule has 0 spiro atoms. The largest absolute Gasteiger partial charge is 0.467 e. The fourth-order valence-electron chi connectivity index (χ4n) is 3.25. The number of aliphatic hydroxyl groups excluding tert-OH is 1.